The number of aromatic amines is 1. The van der Waals surface area contributed by atoms with Crippen LogP contribution in [0.15, 0.2) is 42.6 Å². The zero-order valence-corrected chi connectivity index (χ0v) is 33.4. The second kappa shape index (κ2) is 13.8. The lowest BCUT2D eigenvalue weighted by Gasteiger charge is -2.35. The maximum Gasteiger partial charge on any atom is 0.494 e. The van der Waals surface area contributed by atoms with E-state index in [1.54, 1.807) is 36.8 Å². The van der Waals surface area contributed by atoms with Gasteiger partial charge in [-0.1, -0.05) is 45.0 Å². The van der Waals surface area contributed by atoms with Crippen molar-refractivity contribution in [3.63, 3.8) is 0 Å². The molecular weight excluding hydrogens is 705 g/mol. The summed E-state index contributed by atoms with van der Waals surface area (Å²) in [5.74, 6) is 1.52. The lowest BCUT2D eigenvalue weighted by atomic mass is 9.79. The Kier molecular flexibility index (Phi) is 9.64. The first-order valence-electron chi connectivity index (χ1n) is 18.9. The Morgan fingerprint density at radius 3 is 2.11 bits per heavy atom. The third kappa shape index (κ3) is 7.86. The minimum absolute atomic E-state index is 0.105. The second-order valence-electron chi connectivity index (χ2n) is 17.9. The molecule has 7 rings (SSSR count). The monoisotopic (exact) mass is 757 g/mol. The Hall–Kier alpha value is -4.76. The second-order valence-corrected chi connectivity index (χ2v) is 17.9. The summed E-state index contributed by atoms with van der Waals surface area (Å²) in [5, 5.41) is 2.82. The smallest absolute Gasteiger partial charge is 0.454 e. The van der Waals surface area contributed by atoms with Crippen molar-refractivity contribution in [1.29, 1.82) is 0 Å². The summed E-state index contributed by atoms with van der Waals surface area (Å²) in [5.41, 5.74) is 2.12. The normalized spacial score (nSPS) is 21.7. The molecule has 4 aliphatic heterocycles. The number of carbonyl (C=O) groups is 3. The summed E-state index contributed by atoms with van der Waals surface area (Å²) in [6.07, 6.45) is 0.201. The first-order valence-corrected chi connectivity index (χ1v) is 18.9. The molecule has 0 saturated carbocycles. The highest BCUT2D eigenvalue weighted by atomic mass is 16.7. The molecule has 294 valence electrons. The van der Waals surface area contributed by atoms with Gasteiger partial charge in [-0.15, -0.1) is 0 Å². The number of amides is 3. The number of imidazole rings is 1. The number of ether oxygens (including phenoxy) is 4. The lowest BCUT2D eigenvalue weighted by molar-refractivity contribution is -0.137. The zero-order chi connectivity index (χ0) is 39.7. The number of alkyl carbamates (subject to hydrolysis) is 1. The topological polar surface area (TPSA) is 154 Å². The predicted octanol–water partition coefficient (Wildman–Crippen LogP) is 5.84. The highest BCUT2D eigenvalue weighted by Gasteiger charge is 2.52. The van der Waals surface area contributed by atoms with Crippen LogP contribution in [0, 0.1) is 5.41 Å². The highest BCUT2D eigenvalue weighted by molar-refractivity contribution is 6.62. The molecule has 2 N–H and O–H groups in total. The van der Waals surface area contributed by atoms with Gasteiger partial charge in [0.25, 0.3) is 0 Å². The summed E-state index contributed by atoms with van der Waals surface area (Å²) in [7, 11) is -0.488. The van der Waals surface area contributed by atoms with E-state index >= 15 is 0 Å². The Labute approximate surface area is 322 Å². The maximum absolute atomic E-state index is 14.6. The van der Waals surface area contributed by atoms with E-state index in [9.17, 15) is 14.4 Å². The van der Waals surface area contributed by atoms with Gasteiger partial charge in [-0.3, -0.25) is 9.69 Å². The van der Waals surface area contributed by atoms with Gasteiger partial charge < -0.3 is 43.5 Å². The van der Waals surface area contributed by atoms with Crippen molar-refractivity contribution in [2.75, 3.05) is 13.3 Å². The minimum Gasteiger partial charge on any atom is -0.454 e. The van der Waals surface area contributed by atoms with Crippen LogP contribution in [0.4, 0.5) is 9.59 Å². The van der Waals surface area contributed by atoms with Gasteiger partial charge in [-0.05, 0) is 88.2 Å². The molecular formula is C40H52BN5O9. The molecule has 5 heterocycles. The van der Waals surface area contributed by atoms with E-state index < -0.39 is 59.7 Å². The van der Waals surface area contributed by atoms with Crippen LogP contribution in [0.5, 0.6) is 11.5 Å². The molecule has 1 aromatic heterocycles. The number of nitrogens with one attached hydrogen (secondary N) is 2. The molecule has 0 bridgehead atoms. The van der Waals surface area contributed by atoms with Crippen LogP contribution in [0.25, 0.3) is 11.3 Å². The van der Waals surface area contributed by atoms with Gasteiger partial charge in [0, 0.05) is 19.5 Å². The average Bonchev–Trinajstić information content (AvgIpc) is 3.91. The number of hydrogen-bond donors (Lipinski definition) is 2. The molecule has 0 unspecified atom stereocenters. The Bertz CT molecular complexity index is 1920. The Balaban J connectivity index is 1.11. The third-order valence-electron chi connectivity index (χ3n) is 10.9. The first-order chi connectivity index (χ1) is 25.7. The fraction of sp³-hybridized carbons (Fsp3) is 0.550. The number of H-pyrrole nitrogens is 1. The average molecular weight is 758 g/mol. The van der Waals surface area contributed by atoms with Crippen molar-refractivity contribution in [1.82, 2.24) is 25.1 Å². The van der Waals surface area contributed by atoms with Gasteiger partial charge in [0.1, 0.15) is 23.6 Å². The molecule has 2 saturated heterocycles. The SMILES string of the molecule is CC(C)(C)OC(=O)N[C@H](C(=O)N1C[C@H](OC(=O)N2Cc3cc4c(cc3C2)OCO4)C[C@H]1c1ncc(-c2ccc(B3OC(C)(C)C(C)(C)O3)cc2)[nH]1)C(C)(C)C. The summed E-state index contributed by atoms with van der Waals surface area (Å²) >= 11 is 0. The van der Waals surface area contributed by atoms with E-state index in [0.717, 1.165) is 27.8 Å². The summed E-state index contributed by atoms with van der Waals surface area (Å²) < 4.78 is 35.2. The summed E-state index contributed by atoms with van der Waals surface area (Å²) in [6.45, 7) is 20.0. The minimum atomic E-state index is -0.948. The molecule has 0 radical (unpaired) electrons. The Morgan fingerprint density at radius 2 is 1.55 bits per heavy atom. The van der Waals surface area contributed by atoms with E-state index in [1.165, 1.54) is 0 Å². The third-order valence-corrected chi connectivity index (χ3v) is 10.9. The lowest BCUT2D eigenvalue weighted by Crippen LogP contribution is -2.55. The van der Waals surface area contributed by atoms with Crippen molar-refractivity contribution in [2.24, 2.45) is 5.41 Å². The van der Waals surface area contributed by atoms with Gasteiger partial charge in [0.15, 0.2) is 11.5 Å². The van der Waals surface area contributed by atoms with Crippen LogP contribution in [0.2, 0.25) is 0 Å². The molecule has 3 aromatic rings. The van der Waals surface area contributed by atoms with Crippen LogP contribution >= 0.6 is 0 Å². The largest absolute Gasteiger partial charge is 0.494 e. The molecule has 15 heteroatoms. The van der Waals surface area contributed by atoms with Crippen molar-refractivity contribution in [3.8, 4) is 22.8 Å². The van der Waals surface area contributed by atoms with E-state index in [-0.39, 0.29) is 19.2 Å². The quantitative estimate of drug-likeness (QED) is 0.294. The number of rotatable bonds is 6. The zero-order valence-electron chi connectivity index (χ0n) is 33.4. The molecule has 4 aliphatic rings. The number of carbonyl (C=O) groups excluding carboxylic acids is 3. The van der Waals surface area contributed by atoms with E-state index in [1.807, 2.05) is 84.9 Å². The Morgan fingerprint density at radius 1 is 0.945 bits per heavy atom. The van der Waals surface area contributed by atoms with E-state index in [0.29, 0.717) is 36.8 Å². The number of likely N-dealkylation sites (tertiary alicyclic amines) is 1. The molecule has 0 aliphatic carbocycles. The molecule has 14 nitrogen and oxygen atoms in total. The summed E-state index contributed by atoms with van der Waals surface area (Å²) in [6, 6.07) is 10.2. The molecule has 2 aromatic carbocycles. The number of hydrogen-bond acceptors (Lipinski definition) is 10. The van der Waals surface area contributed by atoms with Gasteiger partial charge >= 0.3 is 19.3 Å². The van der Waals surface area contributed by atoms with Crippen molar-refractivity contribution in [2.45, 2.75) is 124 Å². The predicted molar refractivity (Wildman–Crippen MR) is 204 cm³/mol. The molecule has 3 atom stereocenters. The first kappa shape index (κ1) is 38.5. The van der Waals surface area contributed by atoms with Gasteiger partial charge in [0.2, 0.25) is 12.7 Å². The van der Waals surface area contributed by atoms with Crippen LogP contribution in [0.1, 0.15) is 98.7 Å². The number of fused-ring (bicyclic) bond motifs is 2. The number of benzene rings is 2. The van der Waals surface area contributed by atoms with E-state index in [2.05, 4.69) is 10.3 Å². The van der Waals surface area contributed by atoms with E-state index in [4.69, 9.17) is 33.2 Å². The fourth-order valence-electron chi connectivity index (χ4n) is 7.21. The van der Waals surface area contributed by atoms with Crippen LogP contribution in [0.3, 0.4) is 0 Å². The molecule has 3 amide bonds. The molecule has 2 fully saturated rings. The van der Waals surface area contributed by atoms with Crippen molar-refractivity contribution >= 4 is 30.7 Å². The van der Waals surface area contributed by atoms with Crippen LogP contribution in [-0.4, -0.2) is 87.3 Å². The van der Waals surface area contributed by atoms with Gasteiger partial charge in [-0.25, -0.2) is 14.6 Å². The van der Waals surface area contributed by atoms with Crippen molar-refractivity contribution in [3.05, 3.63) is 59.5 Å². The maximum atomic E-state index is 14.6. The fourth-order valence-corrected chi connectivity index (χ4v) is 7.21. The summed E-state index contributed by atoms with van der Waals surface area (Å²) in [4.78, 5) is 52.6. The number of nitrogens with zero attached hydrogens (tertiary/aromatic N) is 3. The van der Waals surface area contributed by atoms with Crippen LogP contribution in [-0.2, 0) is 36.7 Å². The molecule has 0 spiro atoms. The van der Waals surface area contributed by atoms with Gasteiger partial charge in [-0.2, -0.15) is 0 Å². The van der Waals surface area contributed by atoms with Crippen molar-refractivity contribution < 1.29 is 42.6 Å². The highest BCUT2D eigenvalue weighted by Crippen LogP contribution is 2.40. The van der Waals surface area contributed by atoms with Crippen LogP contribution < -0.4 is 20.3 Å². The standard InChI is InChI=1S/C40H52BN5O9/c1-37(2,3)32(44-35(48)53-38(4,5)6)34(47)46-21-27(52-36(49)45-19-24-15-30-31(51-22-50-30)16-25(24)20-45)17-29(46)33-42-18-28(43-33)23-11-13-26(14-12-23)41-54-39(7,8)40(9,10)55-41/h11-16,18,27,29,32H,17,19-22H2,1-10H3,(H,42,43)(H,44,48)/t27-,29+,32-/m1/s1. The van der Waals surface area contributed by atoms with Gasteiger partial charge in [0.05, 0.1) is 35.7 Å². The number of aromatic nitrogens is 2. The molecule has 55 heavy (non-hydrogen) atoms.